The van der Waals surface area contributed by atoms with Crippen molar-refractivity contribution in [2.24, 2.45) is 10.2 Å². The van der Waals surface area contributed by atoms with Gasteiger partial charge in [0.05, 0.1) is 18.0 Å². The number of carbonyl (C=O) groups excluding carboxylic acids is 3. The number of fused-ring (bicyclic) bond motifs is 1. The summed E-state index contributed by atoms with van der Waals surface area (Å²) in [6, 6.07) is 30.0. The third-order valence-electron chi connectivity index (χ3n) is 8.40. The molecule has 5 aromatic carbocycles. The Balaban J connectivity index is 1.19. The van der Waals surface area contributed by atoms with Crippen LogP contribution in [-0.2, 0) is 26.1 Å². The van der Waals surface area contributed by atoms with Crippen molar-refractivity contribution in [2.75, 3.05) is 44.0 Å². The van der Waals surface area contributed by atoms with Crippen molar-refractivity contribution in [1.82, 2.24) is 16.0 Å². The number of rotatable bonds is 16. The number of nitrogens with zero attached hydrogens (tertiary/aromatic N) is 3. The van der Waals surface area contributed by atoms with Gasteiger partial charge in [-0.1, -0.05) is 54.6 Å². The van der Waals surface area contributed by atoms with Crippen molar-refractivity contribution < 1.29 is 32.5 Å². The highest BCUT2D eigenvalue weighted by Crippen LogP contribution is 2.28. The fourth-order valence-electron chi connectivity index (χ4n) is 5.55. The zero-order valence-corrected chi connectivity index (χ0v) is 30.5. The van der Waals surface area contributed by atoms with Gasteiger partial charge >= 0.3 is 0 Å². The van der Waals surface area contributed by atoms with E-state index in [1.807, 2.05) is 61.5 Å². The molecule has 6 N–H and O–H groups in total. The molecule has 5 rings (SSSR count). The van der Waals surface area contributed by atoms with E-state index in [0.717, 1.165) is 11.3 Å². The van der Waals surface area contributed by atoms with E-state index >= 15 is 0 Å². The van der Waals surface area contributed by atoms with Crippen molar-refractivity contribution in [3.8, 4) is 0 Å². The lowest BCUT2D eigenvalue weighted by atomic mass is 10.0. The number of carbonyl (C=O) groups is 3. The van der Waals surface area contributed by atoms with Gasteiger partial charge in [0, 0.05) is 61.3 Å². The van der Waals surface area contributed by atoms with Crippen molar-refractivity contribution in [3.63, 3.8) is 0 Å². The van der Waals surface area contributed by atoms with Crippen molar-refractivity contribution in [3.05, 3.63) is 126 Å². The topological polar surface area (TPSA) is 202 Å². The average molecular weight is 752 g/mol. The third-order valence-corrected chi connectivity index (χ3v) is 9.31. The van der Waals surface area contributed by atoms with Gasteiger partial charge in [0.25, 0.3) is 16.0 Å². The number of azo groups is 1. The molecule has 0 heterocycles. The van der Waals surface area contributed by atoms with Gasteiger partial charge in [-0.05, 0) is 66.2 Å². The van der Waals surface area contributed by atoms with Crippen LogP contribution < -0.4 is 26.2 Å². The van der Waals surface area contributed by atoms with Crippen LogP contribution in [0, 0.1) is 0 Å². The fraction of sp³-hybridized carbons (Fsp3) is 0.205. The molecule has 0 saturated carbocycles. The number of benzene rings is 5. The number of nitrogens with one attached hydrogen (secondary N) is 4. The quantitative estimate of drug-likeness (QED) is 0.0473. The highest BCUT2D eigenvalue weighted by molar-refractivity contribution is 7.86. The van der Waals surface area contributed by atoms with Crippen LogP contribution in [0.15, 0.2) is 130 Å². The van der Waals surface area contributed by atoms with E-state index in [4.69, 9.17) is 0 Å². The first-order valence-electron chi connectivity index (χ1n) is 17.0. The maximum absolute atomic E-state index is 13.4. The number of hydrogen-bond donors (Lipinski definition) is 6. The molecule has 3 amide bonds. The summed E-state index contributed by atoms with van der Waals surface area (Å²) in [4.78, 5) is 41.6. The van der Waals surface area contributed by atoms with E-state index in [0.29, 0.717) is 27.8 Å². The smallest absolute Gasteiger partial charge is 0.295 e. The molecule has 15 heteroatoms. The normalized spacial score (nSPS) is 12.5. The summed E-state index contributed by atoms with van der Waals surface area (Å²) in [5.41, 5.74) is 3.78. The molecule has 0 bridgehead atoms. The van der Waals surface area contributed by atoms with E-state index < -0.39 is 46.5 Å². The zero-order chi connectivity index (χ0) is 38.7. The van der Waals surface area contributed by atoms with Gasteiger partial charge < -0.3 is 31.3 Å². The molecule has 0 unspecified atom stereocenters. The Labute approximate surface area is 313 Å². The van der Waals surface area contributed by atoms with Gasteiger partial charge in [0.15, 0.2) is 0 Å². The molecule has 5 aromatic rings. The summed E-state index contributed by atoms with van der Waals surface area (Å²) < 4.78 is 33.3. The summed E-state index contributed by atoms with van der Waals surface area (Å²) in [7, 11) is -0.551. The summed E-state index contributed by atoms with van der Waals surface area (Å²) in [6.45, 7) is -0.344. The Morgan fingerprint density at radius 1 is 0.704 bits per heavy atom. The van der Waals surface area contributed by atoms with Crippen LogP contribution in [0.25, 0.3) is 10.8 Å². The van der Waals surface area contributed by atoms with E-state index in [1.54, 1.807) is 48.5 Å². The van der Waals surface area contributed by atoms with Crippen LogP contribution >= 0.6 is 0 Å². The Hall–Kier alpha value is -6.16. The minimum Gasteiger partial charge on any atom is -0.394 e. The Morgan fingerprint density at radius 2 is 1.33 bits per heavy atom. The molecule has 14 nitrogen and oxygen atoms in total. The molecule has 0 aliphatic heterocycles. The van der Waals surface area contributed by atoms with Gasteiger partial charge in [-0.2, -0.15) is 18.6 Å². The van der Waals surface area contributed by atoms with Crippen LogP contribution in [0.3, 0.4) is 0 Å². The predicted octanol–water partition coefficient (Wildman–Crippen LogP) is 4.61. The Morgan fingerprint density at radius 3 is 1.96 bits per heavy atom. The van der Waals surface area contributed by atoms with Gasteiger partial charge in [0.2, 0.25) is 11.8 Å². The summed E-state index contributed by atoms with van der Waals surface area (Å²) in [5.74, 6) is -1.86. The molecule has 54 heavy (non-hydrogen) atoms. The lowest BCUT2D eigenvalue weighted by Gasteiger charge is -2.22. The first-order valence-corrected chi connectivity index (χ1v) is 18.4. The second kappa shape index (κ2) is 18.1. The van der Waals surface area contributed by atoms with Gasteiger partial charge in [-0.15, -0.1) is 0 Å². The summed E-state index contributed by atoms with van der Waals surface area (Å²) in [6.07, 6.45) is 0.134. The second-order valence-electron chi connectivity index (χ2n) is 12.5. The van der Waals surface area contributed by atoms with Gasteiger partial charge in [0.1, 0.15) is 17.0 Å². The van der Waals surface area contributed by atoms with Crippen LogP contribution in [0.4, 0.5) is 22.7 Å². The van der Waals surface area contributed by atoms with E-state index in [9.17, 15) is 32.5 Å². The molecule has 0 radical (unpaired) electrons. The maximum Gasteiger partial charge on any atom is 0.295 e. The number of amides is 3. The Bertz CT molecular complexity index is 2210. The van der Waals surface area contributed by atoms with Crippen LogP contribution in [0.1, 0.15) is 15.9 Å². The minimum absolute atomic E-state index is 0.132. The highest BCUT2D eigenvalue weighted by atomic mass is 32.2. The average Bonchev–Trinajstić information content (AvgIpc) is 3.17. The maximum atomic E-state index is 13.4. The van der Waals surface area contributed by atoms with Crippen LogP contribution in [-0.4, -0.2) is 81.7 Å². The largest absolute Gasteiger partial charge is 0.394 e. The highest BCUT2D eigenvalue weighted by Gasteiger charge is 2.27. The predicted molar refractivity (Wildman–Crippen MR) is 207 cm³/mol. The lowest BCUT2D eigenvalue weighted by molar-refractivity contribution is -0.130. The number of hydrogen-bond acceptors (Lipinski definition) is 10. The summed E-state index contributed by atoms with van der Waals surface area (Å²) in [5, 5.41) is 30.6. The molecule has 0 spiro atoms. The Kier molecular flexibility index (Phi) is 13.1. The lowest BCUT2D eigenvalue weighted by Crippen LogP contribution is -2.55. The van der Waals surface area contributed by atoms with Crippen LogP contribution in [0.5, 0.6) is 0 Å². The fourth-order valence-corrected chi connectivity index (χ4v) is 6.25. The van der Waals surface area contributed by atoms with E-state index in [-0.39, 0.29) is 30.0 Å². The second-order valence-corrected chi connectivity index (χ2v) is 13.9. The van der Waals surface area contributed by atoms with Gasteiger partial charge in [-0.3, -0.25) is 18.9 Å². The van der Waals surface area contributed by atoms with E-state index in [1.165, 1.54) is 24.3 Å². The minimum atomic E-state index is -4.44. The molecule has 0 aliphatic rings. The number of aliphatic hydroxyl groups excluding tert-OH is 1. The van der Waals surface area contributed by atoms with Gasteiger partial charge in [-0.25, -0.2) is 0 Å². The standard InChI is InChI=1S/C39H41N7O7S/c1-46(2)30-20-18-29(19-21-30)45-44-28-16-14-27(15-17-28)37(48)43-35(25-47)39(50)42-34(24-26-8-4-3-5-9-26)38(49)41-23-22-40-33-12-6-11-32-31(33)10-7-13-36(32)54(51,52)53/h3-21,34-35,40,47H,22-25H2,1-2H3,(H,41,49)(H,42,50)(H,43,48)(H,51,52,53)/t34-,35-/m0/s1. The molecule has 0 saturated heterocycles. The SMILES string of the molecule is CN(C)c1ccc(N=Nc2ccc(C(=O)N[C@@H](CO)C(=O)N[C@@H](Cc3ccccc3)C(=O)NCCNc3cccc4c(S(=O)(=O)O)cccc34)cc2)cc1. The molecular weight excluding hydrogens is 711 g/mol. The van der Waals surface area contributed by atoms with Crippen LogP contribution in [0.2, 0.25) is 0 Å². The molecule has 280 valence electrons. The first-order chi connectivity index (χ1) is 25.9. The van der Waals surface area contributed by atoms with E-state index in [2.05, 4.69) is 31.5 Å². The van der Waals surface area contributed by atoms with Crippen molar-refractivity contribution in [1.29, 1.82) is 0 Å². The monoisotopic (exact) mass is 751 g/mol. The summed E-state index contributed by atoms with van der Waals surface area (Å²) >= 11 is 0. The molecule has 0 fully saturated rings. The molecule has 0 aromatic heterocycles. The first kappa shape index (κ1) is 39.1. The third kappa shape index (κ3) is 10.5. The molecule has 2 atom stereocenters. The number of aliphatic hydroxyl groups is 1. The van der Waals surface area contributed by atoms with Crippen molar-refractivity contribution in [2.45, 2.75) is 23.4 Å². The molecule has 0 aliphatic carbocycles. The molecular formula is C39H41N7O7S. The van der Waals surface area contributed by atoms with Crippen molar-refractivity contribution >= 4 is 61.4 Å². The zero-order valence-electron chi connectivity index (χ0n) is 29.6. The number of anilines is 2.